The van der Waals surface area contributed by atoms with Crippen LogP contribution >= 0.6 is 0 Å². The molecule has 0 aliphatic heterocycles. The van der Waals surface area contributed by atoms with Crippen LogP contribution in [0.15, 0.2) is 120 Å². The maximum atomic E-state index is 6.23. The van der Waals surface area contributed by atoms with Gasteiger partial charge < -0.3 is 8.98 Å². The van der Waals surface area contributed by atoms with Crippen molar-refractivity contribution in [3.63, 3.8) is 0 Å². The van der Waals surface area contributed by atoms with Crippen LogP contribution < -0.4 is 0 Å². The second-order valence-corrected chi connectivity index (χ2v) is 8.20. The third kappa shape index (κ3) is 2.41. The molecular weight excluding hydrogens is 390 g/mol. The quantitative estimate of drug-likeness (QED) is 0.280. The molecule has 7 rings (SSSR count). The fourth-order valence-corrected chi connectivity index (χ4v) is 4.99. The van der Waals surface area contributed by atoms with Gasteiger partial charge in [0.05, 0.1) is 16.4 Å². The zero-order valence-electron chi connectivity index (χ0n) is 17.3. The summed E-state index contributed by atoms with van der Waals surface area (Å²) < 4.78 is 8.62. The van der Waals surface area contributed by atoms with Gasteiger partial charge in [0.25, 0.3) is 0 Å². The van der Waals surface area contributed by atoms with Crippen molar-refractivity contribution in [3.8, 4) is 16.8 Å². The van der Waals surface area contributed by atoms with Crippen LogP contribution in [0.1, 0.15) is 0 Å². The average molecular weight is 409 g/mol. The van der Waals surface area contributed by atoms with E-state index in [0.717, 1.165) is 22.2 Å². The maximum absolute atomic E-state index is 6.23. The smallest absolute Gasteiger partial charge is 0.137 e. The largest absolute Gasteiger partial charge is 0.456 e. The Bertz CT molecular complexity index is 1770. The lowest BCUT2D eigenvalue weighted by Crippen LogP contribution is -1.94. The molecule has 0 atom stereocenters. The molecule has 2 aromatic heterocycles. The van der Waals surface area contributed by atoms with E-state index in [1.54, 1.807) is 0 Å². The van der Waals surface area contributed by atoms with Crippen LogP contribution in [0.5, 0.6) is 0 Å². The average Bonchev–Trinajstić information content (AvgIpc) is 3.40. The molecule has 2 heteroatoms. The van der Waals surface area contributed by atoms with Gasteiger partial charge in [0.15, 0.2) is 0 Å². The van der Waals surface area contributed by atoms with Gasteiger partial charge in [-0.2, -0.15) is 0 Å². The zero-order valence-corrected chi connectivity index (χ0v) is 17.3. The topological polar surface area (TPSA) is 18.1 Å². The van der Waals surface area contributed by atoms with Crippen molar-refractivity contribution in [2.45, 2.75) is 0 Å². The number of benzene rings is 5. The molecule has 150 valence electrons. The highest BCUT2D eigenvalue weighted by atomic mass is 16.3. The van der Waals surface area contributed by atoms with Crippen molar-refractivity contribution < 1.29 is 4.42 Å². The lowest BCUT2D eigenvalue weighted by Gasteiger charge is -2.11. The van der Waals surface area contributed by atoms with E-state index in [1.165, 1.54) is 38.3 Å². The van der Waals surface area contributed by atoms with Crippen LogP contribution in [0.4, 0.5) is 0 Å². The van der Waals surface area contributed by atoms with E-state index in [-0.39, 0.29) is 0 Å². The van der Waals surface area contributed by atoms with Gasteiger partial charge >= 0.3 is 0 Å². The third-order valence-corrected chi connectivity index (χ3v) is 6.39. The highest BCUT2D eigenvalue weighted by molar-refractivity contribution is 6.24. The van der Waals surface area contributed by atoms with E-state index in [9.17, 15) is 0 Å². The van der Waals surface area contributed by atoms with Crippen LogP contribution in [0.3, 0.4) is 0 Å². The first-order valence-corrected chi connectivity index (χ1v) is 10.9. The van der Waals surface area contributed by atoms with Crippen molar-refractivity contribution >= 4 is 43.7 Å². The van der Waals surface area contributed by atoms with E-state index in [4.69, 9.17) is 4.42 Å². The molecule has 0 N–H and O–H groups in total. The monoisotopic (exact) mass is 409 g/mol. The minimum absolute atomic E-state index is 0.918. The Labute approximate surface area is 184 Å². The van der Waals surface area contributed by atoms with Gasteiger partial charge in [0, 0.05) is 21.8 Å². The number of nitrogens with zero attached hydrogens (tertiary/aromatic N) is 1. The molecule has 0 saturated heterocycles. The van der Waals surface area contributed by atoms with E-state index in [1.807, 2.05) is 12.1 Å². The summed E-state index contributed by atoms with van der Waals surface area (Å²) in [5, 5.41) is 4.81. The molecule has 5 aromatic carbocycles. The van der Waals surface area contributed by atoms with Gasteiger partial charge in [-0.3, -0.25) is 0 Å². The Hall–Kier alpha value is -4.30. The summed E-state index contributed by atoms with van der Waals surface area (Å²) in [6.07, 6.45) is 0. The summed E-state index contributed by atoms with van der Waals surface area (Å²) >= 11 is 0. The molecule has 0 fully saturated rings. The third-order valence-electron chi connectivity index (χ3n) is 6.39. The first-order valence-electron chi connectivity index (χ1n) is 10.9. The van der Waals surface area contributed by atoms with Crippen molar-refractivity contribution in [3.05, 3.63) is 115 Å². The molecule has 0 aliphatic rings. The summed E-state index contributed by atoms with van der Waals surface area (Å²) in [6.45, 7) is 0. The fourth-order valence-electron chi connectivity index (χ4n) is 4.99. The van der Waals surface area contributed by atoms with E-state index in [0.29, 0.717) is 0 Å². The predicted octanol–water partition coefficient (Wildman–Crippen LogP) is 8.35. The van der Waals surface area contributed by atoms with Gasteiger partial charge in [0.1, 0.15) is 11.2 Å². The minimum Gasteiger partial charge on any atom is -0.456 e. The molecule has 0 amide bonds. The number of para-hydroxylation sites is 2. The number of fused-ring (bicyclic) bond motifs is 7. The number of rotatable bonds is 2. The molecule has 2 heterocycles. The van der Waals surface area contributed by atoms with Gasteiger partial charge in [-0.1, -0.05) is 78.9 Å². The fraction of sp³-hybridized carbons (Fsp3) is 0. The molecule has 0 saturated carbocycles. The van der Waals surface area contributed by atoms with Gasteiger partial charge in [-0.15, -0.1) is 0 Å². The molecular formula is C30H19NO. The molecule has 0 bridgehead atoms. The molecule has 0 unspecified atom stereocenters. The molecule has 2 nitrogen and oxygen atoms in total. The Morgan fingerprint density at radius 1 is 0.500 bits per heavy atom. The minimum atomic E-state index is 0.918. The summed E-state index contributed by atoms with van der Waals surface area (Å²) in [5.41, 5.74) is 7.80. The Morgan fingerprint density at radius 3 is 2.16 bits per heavy atom. The van der Waals surface area contributed by atoms with Crippen molar-refractivity contribution in [2.75, 3.05) is 0 Å². The summed E-state index contributed by atoms with van der Waals surface area (Å²) in [5.74, 6) is 0. The summed E-state index contributed by atoms with van der Waals surface area (Å²) in [6, 6.07) is 40.6. The van der Waals surface area contributed by atoms with Crippen LogP contribution in [0, 0.1) is 0 Å². The number of hydrogen-bond donors (Lipinski definition) is 0. The highest BCUT2D eigenvalue weighted by Gasteiger charge is 2.18. The van der Waals surface area contributed by atoms with Gasteiger partial charge in [-0.05, 0) is 47.5 Å². The molecule has 0 aliphatic carbocycles. The van der Waals surface area contributed by atoms with Crippen molar-refractivity contribution in [1.29, 1.82) is 0 Å². The van der Waals surface area contributed by atoms with Crippen molar-refractivity contribution in [2.24, 2.45) is 0 Å². The molecule has 7 aromatic rings. The maximum Gasteiger partial charge on any atom is 0.137 e. The predicted molar refractivity (Wildman–Crippen MR) is 133 cm³/mol. The first kappa shape index (κ1) is 17.4. The lowest BCUT2D eigenvalue weighted by molar-refractivity contribution is 0.669. The zero-order chi connectivity index (χ0) is 21.1. The summed E-state index contributed by atoms with van der Waals surface area (Å²) in [7, 11) is 0. The van der Waals surface area contributed by atoms with E-state index >= 15 is 0 Å². The van der Waals surface area contributed by atoms with Crippen LogP contribution in [-0.2, 0) is 0 Å². The second kappa shape index (κ2) is 6.60. The SMILES string of the molecule is c1ccc(-c2cccc(-n3c4ccccc4c4ccc5oc6ccccc6c5c43)c2)cc1. The molecule has 32 heavy (non-hydrogen) atoms. The van der Waals surface area contributed by atoms with Gasteiger partial charge in [0.2, 0.25) is 0 Å². The van der Waals surface area contributed by atoms with Crippen LogP contribution in [0.2, 0.25) is 0 Å². The summed E-state index contributed by atoms with van der Waals surface area (Å²) in [4.78, 5) is 0. The number of aromatic nitrogens is 1. The first-order chi connectivity index (χ1) is 15.9. The highest BCUT2D eigenvalue weighted by Crippen LogP contribution is 2.40. The van der Waals surface area contributed by atoms with Gasteiger partial charge in [-0.25, -0.2) is 0 Å². The van der Waals surface area contributed by atoms with E-state index in [2.05, 4.69) is 108 Å². The van der Waals surface area contributed by atoms with Crippen LogP contribution in [0.25, 0.3) is 60.6 Å². The standard InChI is InChI=1S/C30H19NO/c1-2-9-20(10-3-1)21-11-8-12-22(19-21)31-26-15-6-4-13-23(26)24-17-18-28-29(30(24)31)25-14-5-7-16-27(25)32-28/h1-19H. The second-order valence-electron chi connectivity index (χ2n) is 8.20. The van der Waals surface area contributed by atoms with Crippen LogP contribution in [-0.4, -0.2) is 4.57 Å². The Kier molecular flexibility index (Phi) is 3.58. The Morgan fingerprint density at radius 2 is 1.25 bits per heavy atom. The Balaban J connectivity index is 1.65. The molecule has 0 spiro atoms. The number of hydrogen-bond acceptors (Lipinski definition) is 1. The lowest BCUT2D eigenvalue weighted by atomic mass is 10.0. The van der Waals surface area contributed by atoms with Crippen molar-refractivity contribution in [1.82, 2.24) is 4.57 Å². The van der Waals surface area contributed by atoms with E-state index < -0.39 is 0 Å². The number of furan rings is 1. The molecule has 0 radical (unpaired) electrons. The normalized spacial score (nSPS) is 11.8.